The standard InChI is InChI=1S/C23H28ClFN2O/c1-6-9-27-21-12-20(25)16(10-18(21)15(2)13-23(27,3)4)14-26-17-7-8-22(28-5)19(24)11-17/h7-8,10-12,14-15H,6,9,13H2,1-5H3. The van der Waals surface area contributed by atoms with Crippen LogP contribution < -0.4 is 9.64 Å². The van der Waals surface area contributed by atoms with Crippen molar-refractivity contribution in [2.45, 2.75) is 52.0 Å². The zero-order valence-corrected chi connectivity index (χ0v) is 18.0. The van der Waals surface area contributed by atoms with Crippen molar-refractivity contribution >= 4 is 29.2 Å². The third kappa shape index (κ3) is 4.02. The highest BCUT2D eigenvalue weighted by molar-refractivity contribution is 6.32. The third-order valence-electron chi connectivity index (χ3n) is 5.44. The molecule has 3 nitrogen and oxygen atoms in total. The van der Waals surface area contributed by atoms with Crippen molar-refractivity contribution in [2.75, 3.05) is 18.6 Å². The number of methoxy groups -OCH3 is 1. The van der Waals surface area contributed by atoms with Crippen molar-refractivity contribution in [2.24, 2.45) is 4.99 Å². The summed E-state index contributed by atoms with van der Waals surface area (Å²) in [5.74, 6) is 0.697. The van der Waals surface area contributed by atoms with Crippen molar-refractivity contribution in [1.29, 1.82) is 0 Å². The first-order valence-electron chi connectivity index (χ1n) is 9.75. The number of ether oxygens (including phenoxy) is 1. The first kappa shape index (κ1) is 20.7. The molecule has 0 radical (unpaired) electrons. The Kier molecular flexibility index (Phi) is 5.99. The number of anilines is 1. The molecule has 0 amide bonds. The SMILES string of the molecule is CCCN1c2cc(F)c(C=Nc3ccc(OC)c(Cl)c3)cc2C(C)CC1(C)C. The van der Waals surface area contributed by atoms with Crippen molar-refractivity contribution in [3.63, 3.8) is 0 Å². The second kappa shape index (κ2) is 8.12. The van der Waals surface area contributed by atoms with Crippen LogP contribution in [-0.4, -0.2) is 25.4 Å². The molecule has 1 atom stereocenters. The summed E-state index contributed by atoms with van der Waals surface area (Å²) in [7, 11) is 1.57. The maximum absolute atomic E-state index is 14.9. The lowest BCUT2D eigenvalue weighted by molar-refractivity contribution is 0.375. The molecule has 1 heterocycles. The highest BCUT2D eigenvalue weighted by atomic mass is 35.5. The van der Waals surface area contributed by atoms with E-state index in [-0.39, 0.29) is 11.4 Å². The van der Waals surface area contributed by atoms with Crippen molar-refractivity contribution < 1.29 is 9.13 Å². The van der Waals surface area contributed by atoms with E-state index >= 15 is 0 Å². The lowest BCUT2D eigenvalue weighted by Crippen LogP contribution is -2.48. The number of benzene rings is 2. The maximum Gasteiger partial charge on any atom is 0.137 e. The molecule has 0 N–H and O–H groups in total. The molecule has 1 aliphatic rings. The predicted octanol–water partition coefficient (Wildman–Crippen LogP) is 6.74. The summed E-state index contributed by atoms with van der Waals surface area (Å²) in [5.41, 5.74) is 3.36. The molecular formula is C23H28ClFN2O. The Morgan fingerprint density at radius 3 is 2.71 bits per heavy atom. The molecule has 28 heavy (non-hydrogen) atoms. The summed E-state index contributed by atoms with van der Waals surface area (Å²) in [6.45, 7) is 9.77. The van der Waals surface area contributed by atoms with E-state index in [0.29, 0.717) is 27.9 Å². The number of hydrogen-bond acceptors (Lipinski definition) is 3. The van der Waals surface area contributed by atoms with E-state index in [1.165, 1.54) is 5.56 Å². The largest absolute Gasteiger partial charge is 0.495 e. The van der Waals surface area contributed by atoms with Gasteiger partial charge in [0.1, 0.15) is 11.6 Å². The number of hydrogen-bond donors (Lipinski definition) is 0. The average molecular weight is 403 g/mol. The van der Waals surface area contributed by atoms with Crippen LogP contribution >= 0.6 is 11.6 Å². The molecular weight excluding hydrogens is 375 g/mol. The molecule has 0 saturated heterocycles. The summed E-state index contributed by atoms with van der Waals surface area (Å²) >= 11 is 6.15. The Bertz CT molecular complexity index is 894. The molecule has 0 aromatic heterocycles. The lowest BCUT2D eigenvalue weighted by Gasteiger charge is -2.47. The van der Waals surface area contributed by atoms with Crippen LogP contribution in [0.15, 0.2) is 35.3 Å². The van der Waals surface area contributed by atoms with Gasteiger partial charge in [0.05, 0.1) is 17.8 Å². The van der Waals surface area contributed by atoms with Crippen LogP contribution in [0.2, 0.25) is 5.02 Å². The van der Waals surface area contributed by atoms with Gasteiger partial charge in [-0.15, -0.1) is 0 Å². The molecule has 1 unspecified atom stereocenters. The van der Waals surface area contributed by atoms with E-state index in [9.17, 15) is 4.39 Å². The molecule has 0 aliphatic carbocycles. The van der Waals surface area contributed by atoms with Gasteiger partial charge < -0.3 is 9.64 Å². The van der Waals surface area contributed by atoms with Gasteiger partial charge in [-0.3, -0.25) is 4.99 Å². The summed E-state index contributed by atoms with van der Waals surface area (Å²) in [6, 6.07) is 8.88. The minimum Gasteiger partial charge on any atom is -0.495 e. The molecule has 5 heteroatoms. The van der Waals surface area contributed by atoms with Gasteiger partial charge in [0.25, 0.3) is 0 Å². The van der Waals surface area contributed by atoms with E-state index in [0.717, 1.165) is 25.1 Å². The Labute approximate surface area is 172 Å². The van der Waals surface area contributed by atoms with Gasteiger partial charge in [0, 0.05) is 29.5 Å². The molecule has 2 aromatic carbocycles. The van der Waals surface area contributed by atoms with Gasteiger partial charge in [-0.25, -0.2) is 4.39 Å². The van der Waals surface area contributed by atoms with E-state index in [1.807, 2.05) is 6.07 Å². The fourth-order valence-corrected chi connectivity index (χ4v) is 4.40. The zero-order valence-electron chi connectivity index (χ0n) is 17.2. The van der Waals surface area contributed by atoms with Crippen LogP contribution in [-0.2, 0) is 0 Å². The summed E-state index contributed by atoms with van der Waals surface area (Å²) in [6.07, 6.45) is 3.64. The molecule has 1 aliphatic heterocycles. The molecule has 0 spiro atoms. The monoisotopic (exact) mass is 402 g/mol. The number of rotatable bonds is 5. The van der Waals surface area contributed by atoms with E-state index in [4.69, 9.17) is 16.3 Å². The molecule has 2 aromatic rings. The number of fused-ring (bicyclic) bond motifs is 1. The Morgan fingerprint density at radius 1 is 1.32 bits per heavy atom. The van der Waals surface area contributed by atoms with Crippen molar-refractivity contribution in [3.8, 4) is 5.75 Å². The molecule has 0 fully saturated rings. The summed E-state index contributed by atoms with van der Waals surface area (Å²) < 4.78 is 20.1. The van der Waals surface area contributed by atoms with E-state index in [1.54, 1.807) is 37.6 Å². The molecule has 150 valence electrons. The van der Waals surface area contributed by atoms with Crippen molar-refractivity contribution in [3.05, 3.63) is 52.3 Å². The number of nitrogens with zero attached hydrogens (tertiary/aromatic N) is 2. The van der Waals surface area contributed by atoms with E-state index in [2.05, 4.69) is 37.6 Å². The minimum absolute atomic E-state index is 0.0182. The fraction of sp³-hybridized carbons (Fsp3) is 0.435. The van der Waals surface area contributed by atoms with Gasteiger partial charge >= 0.3 is 0 Å². The first-order valence-corrected chi connectivity index (χ1v) is 10.1. The van der Waals surface area contributed by atoms with Crippen LogP contribution in [0, 0.1) is 5.82 Å². The number of aliphatic imine (C=N–C) groups is 1. The average Bonchev–Trinajstić information content (AvgIpc) is 2.63. The lowest BCUT2D eigenvalue weighted by atomic mass is 9.79. The van der Waals surface area contributed by atoms with Gasteiger partial charge in [0.15, 0.2) is 0 Å². The van der Waals surface area contributed by atoms with Crippen LogP contribution in [0.3, 0.4) is 0 Å². The van der Waals surface area contributed by atoms with Gasteiger partial charge in [-0.2, -0.15) is 0 Å². The molecule has 0 bridgehead atoms. The van der Waals surface area contributed by atoms with Crippen LogP contribution in [0.4, 0.5) is 15.8 Å². The van der Waals surface area contributed by atoms with Crippen LogP contribution in [0.25, 0.3) is 0 Å². The van der Waals surface area contributed by atoms with Crippen LogP contribution in [0.1, 0.15) is 57.6 Å². The Hall–Kier alpha value is -2.07. The normalized spacial score (nSPS) is 18.4. The zero-order chi connectivity index (χ0) is 20.5. The smallest absolute Gasteiger partial charge is 0.137 e. The fourth-order valence-electron chi connectivity index (χ4n) is 4.15. The van der Waals surface area contributed by atoms with Gasteiger partial charge in [-0.05, 0) is 68.5 Å². The minimum atomic E-state index is -0.256. The second-order valence-corrected chi connectivity index (χ2v) is 8.49. The molecule has 0 saturated carbocycles. The van der Waals surface area contributed by atoms with Gasteiger partial charge in [0.2, 0.25) is 0 Å². The number of halogens is 2. The highest BCUT2D eigenvalue weighted by Gasteiger charge is 2.36. The van der Waals surface area contributed by atoms with Crippen molar-refractivity contribution in [1.82, 2.24) is 0 Å². The highest BCUT2D eigenvalue weighted by Crippen LogP contribution is 2.44. The van der Waals surface area contributed by atoms with E-state index < -0.39 is 0 Å². The summed E-state index contributed by atoms with van der Waals surface area (Å²) in [5, 5.41) is 0.481. The predicted molar refractivity (Wildman–Crippen MR) is 116 cm³/mol. The summed E-state index contributed by atoms with van der Waals surface area (Å²) in [4.78, 5) is 6.76. The maximum atomic E-state index is 14.9. The van der Waals surface area contributed by atoms with Gasteiger partial charge in [-0.1, -0.05) is 25.4 Å². The molecule has 3 rings (SSSR count). The quantitative estimate of drug-likeness (QED) is 0.517. The second-order valence-electron chi connectivity index (χ2n) is 8.08. The Morgan fingerprint density at radius 2 is 2.07 bits per heavy atom. The topological polar surface area (TPSA) is 24.8 Å². The Balaban J connectivity index is 1.97. The third-order valence-corrected chi connectivity index (χ3v) is 5.73. The first-order chi connectivity index (χ1) is 13.3. The van der Waals surface area contributed by atoms with Crippen LogP contribution in [0.5, 0.6) is 5.75 Å².